The number of aryl methyl sites for hydroxylation is 2. The number of tetrazole rings is 1. The van der Waals surface area contributed by atoms with Gasteiger partial charge in [0.25, 0.3) is 0 Å². The van der Waals surface area contributed by atoms with Gasteiger partial charge in [0.2, 0.25) is 5.91 Å². The maximum Gasteiger partial charge on any atom is 0.232 e. The van der Waals surface area contributed by atoms with Crippen molar-refractivity contribution < 1.29 is 4.79 Å². The van der Waals surface area contributed by atoms with Gasteiger partial charge in [-0.05, 0) is 41.0 Å². The van der Waals surface area contributed by atoms with Crippen molar-refractivity contribution in [2.24, 2.45) is 7.05 Å². The number of benzene rings is 1. The summed E-state index contributed by atoms with van der Waals surface area (Å²) in [4.78, 5) is 11.9. The number of carbonyl (C=O) groups excluding carboxylic acids is 1. The first-order valence-electron chi connectivity index (χ1n) is 6.79. The van der Waals surface area contributed by atoms with Crippen LogP contribution in [0.15, 0.2) is 24.3 Å². The molecule has 1 aromatic carbocycles. The topological polar surface area (TPSA) is 72.7 Å². The second-order valence-electron chi connectivity index (χ2n) is 4.74. The lowest BCUT2D eigenvalue weighted by Gasteiger charge is -2.06. The van der Waals surface area contributed by atoms with Crippen LogP contribution in [0.25, 0.3) is 0 Å². The molecule has 0 atom stereocenters. The van der Waals surface area contributed by atoms with E-state index in [9.17, 15) is 4.79 Å². The van der Waals surface area contributed by atoms with Crippen LogP contribution in [-0.4, -0.2) is 26.1 Å². The zero-order chi connectivity index (χ0) is 14.4. The first-order valence-corrected chi connectivity index (χ1v) is 6.79. The molecule has 0 spiro atoms. The molecule has 6 heteroatoms. The fraction of sp³-hybridized carbons (Fsp3) is 0.429. The molecule has 1 aromatic heterocycles. The SMILES string of the molecule is CCCCc1ccc(NC(=O)Cc2nnnn2C)cc1. The van der Waals surface area contributed by atoms with E-state index in [1.807, 2.05) is 12.1 Å². The number of amides is 1. The van der Waals surface area contributed by atoms with Gasteiger partial charge in [-0.15, -0.1) is 5.10 Å². The highest BCUT2D eigenvalue weighted by Crippen LogP contribution is 2.12. The van der Waals surface area contributed by atoms with Crippen molar-refractivity contribution in [1.29, 1.82) is 0 Å². The molecular formula is C14H19N5O. The number of aromatic nitrogens is 4. The fourth-order valence-electron chi connectivity index (χ4n) is 1.88. The van der Waals surface area contributed by atoms with E-state index in [4.69, 9.17) is 0 Å². The van der Waals surface area contributed by atoms with Crippen LogP contribution >= 0.6 is 0 Å². The number of unbranched alkanes of at least 4 members (excludes halogenated alkanes) is 1. The summed E-state index contributed by atoms with van der Waals surface area (Å²) in [6.07, 6.45) is 3.62. The molecule has 2 rings (SSSR count). The van der Waals surface area contributed by atoms with Gasteiger partial charge in [-0.25, -0.2) is 4.68 Å². The Morgan fingerprint density at radius 1 is 1.30 bits per heavy atom. The molecule has 20 heavy (non-hydrogen) atoms. The molecule has 0 fully saturated rings. The van der Waals surface area contributed by atoms with Crippen LogP contribution in [-0.2, 0) is 24.7 Å². The Hall–Kier alpha value is -2.24. The molecule has 2 aromatic rings. The largest absolute Gasteiger partial charge is 0.326 e. The van der Waals surface area contributed by atoms with Crippen molar-refractivity contribution in [3.8, 4) is 0 Å². The Balaban J connectivity index is 1.89. The zero-order valence-corrected chi connectivity index (χ0v) is 11.8. The van der Waals surface area contributed by atoms with E-state index in [1.165, 1.54) is 23.1 Å². The Bertz CT molecular complexity index is 561. The van der Waals surface area contributed by atoms with Crippen LogP contribution in [0, 0.1) is 0 Å². The Kier molecular flexibility index (Phi) is 4.81. The van der Waals surface area contributed by atoms with Crippen LogP contribution < -0.4 is 5.32 Å². The Morgan fingerprint density at radius 3 is 2.65 bits per heavy atom. The van der Waals surface area contributed by atoms with Crippen molar-refractivity contribution >= 4 is 11.6 Å². The van der Waals surface area contributed by atoms with E-state index >= 15 is 0 Å². The molecule has 0 aliphatic heterocycles. The number of rotatable bonds is 6. The smallest absolute Gasteiger partial charge is 0.232 e. The van der Waals surface area contributed by atoms with Crippen LogP contribution in [0.2, 0.25) is 0 Å². The summed E-state index contributed by atoms with van der Waals surface area (Å²) in [7, 11) is 1.71. The number of nitrogens with zero attached hydrogens (tertiary/aromatic N) is 4. The van der Waals surface area contributed by atoms with Gasteiger partial charge in [0.1, 0.15) is 0 Å². The minimum atomic E-state index is -0.121. The first kappa shape index (κ1) is 14.2. The van der Waals surface area contributed by atoms with E-state index < -0.39 is 0 Å². The van der Waals surface area contributed by atoms with E-state index in [2.05, 4.69) is 39.9 Å². The molecule has 0 radical (unpaired) electrons. The van der Waals surface area contributed by atoms with Gasteiger partial charge in [-0.1, -0.05) is 25.5 Å². The lowest BCUT2D eigenvalue weighted by atomic mass is 10.1. The van der Waals surface area contributed by atoms with Gasteiger partial charge in [-0.3, -0.25) is 4.79 Å². The lowest BCUT2D eigenvalue weighted by Crippen LogP contribution is -2.17. The van der Waals surface area contributed by atoms with E-state index in [-0.39, 0.29) is 12.3 Å². The van der Waals surface area contributed by atoms with E-state index in [0.717, 1.165) is 12.1 Å². The number of hydrogen-bond donors (Lipinski definition) is 1. The molecule has 0 unspecified atom stereocenters. The predicted octanol–water partition coefficient (Wildman–Crippen LogP) is 1.73. The molecular weight excluding hydrogens is 254 g/mol. The molecule has 0 aliphatic rings. The average molecular weight is 273 g/mol. The molecule has 0 aliphatic carbocycles. The maximum atomic E-state index is 11.9. The van der Waals surface area contributed by atoms with E-state index in [1.54, 1.807) is 7.05 Å². The third kappa shape index (κ3) is 3.88. The molecule has 106 valence electrons. The summed E-state index contributed by atoms with van der Waals surface area (Å²) in [5.74, 6) is 0.422. The number of anilines is 1. The molecule has 0 saturated carbocycles. The summed E-state index contributed by atoms with van der Waals surface area (Å²) >= 11 is 0. The molecule has 0 saturated heterocycles. The number of carbonyl (C=O) groups is 1. The second-order valence-corrected chi connectivity index (χ2v) is 4.74. The van der Waals surface area contributed by atoms with Gasteiger partial charge in [0.15, 0.2) is 5.82 Å². The zero-order valence-electron chi connectivity index (χ0n) is 11.8. The minimum absolute atomic E-state index is 0.121. The van der Waals surface area contributed by atoms with Crippen LogP contribution in [0.1, 0.15) is 31.2 Å². The van der Waals surface area contributed by atoms with Crippen LogP contribution in [0.3, 0.4) is 0 Å². The van der Waals surface area contributed by atoms with Crippen LogP contribution in [0.5, 0.6) is 0 Å². The first-order chi connectivity index (χ1) is 9.69. The van der Waals surface area contributed by atoms with Gasteiger partial charge in [-0.2, -0.15) is 0 Å². The Labute approximate surface area is 118 Å². The summed E-state index contributed by atoms with van der Waals surface area (Å²) in [6.45, 7) is 2.18. The van der Waals surface area contributed by atoms with Gasteiger partial charge in [0.05, 0.1) is 6.42 Å². The maximum absolute atomic E-state index is 11.9. The van der Waals surface area contributed by atoms with Gasteiger partial charge in [0, 0.05) is 12.7 Å². The monoisotopic (exact) mass is 273 g/mol. The standard InChI is InChI=1S/C14H19N5O/c1-3-4-5-11-6-8-12(9-7-11)15-14(20)10-13-16-17-18-19(13)2/h6-9H,3-5,10H2,1-2H3,(H,15,20). The fourth-order valence-corrected chi connectivity index (χ4v) is 1.88. The van der Waals surface area contributed by atoms with Gasteiger partial charge < -0.3 is 5.32 Å². The normalized spacial score (nSPS) is 10.5. The summed E-state index contributed by atoms with van der Waals surface area (Å²) < 4.78 is 1.49. The Morgan fingerprint density at radius 2 is 2.05 bits per heavy atom. The van der Waals surface area contributed by atoms with Gasteiger partial charge >= 0.3 is 0 Å². The van der Waals surface area contributed by atoms with Crippen LogP contribution in [0.4, 0.5) is 5.69 Å². The molecule has 1 amide bonds. The lowest BCUT2D eigenvalue weighted by molar-refractivity contribution is -0.115. The average Bonchev–Trinajstić information content (AvgIpc) is 2.83. The minimum Gasteiger partial charge on any atom is -0.326 e. The highest BCUT2D eigenvalue weighted by molar-refractivity contribution is 5.91. The summed E-state index contributed by atoms with van der Waals surface area (Å²) in [5.41, 5.74) is 2.09. The third-order valence-corrected chi connectivity index (χ3v) is 3.08. The highest BCUT2D eigenvalue weighted by atomic mass is 16.1. The highest BCUT2D eigenvalue weighted by Gasteiger charge is 2.09. The van der Waals surface area contributed by atoms with Crippen molar-refractivity contribution in [2.75, 3.05) is 5.32 Å². The van der Waals surface area contributed by atoms with Crippen molar-refractivity contribution in [3.05, 3.63) is 35.7 Å². The van der Waals surface area contributed by atoms with Crippen molar-refractivity contribution in [2.45, 2.75) is 32.6 Å². The van der Waals surface area contributed by atoms with E-state index in [0.29, 0.717) is 5.82 Å². The van der Waals surface area contributed by atoms with Crippen molar-refractivity contribution in [3.63, 3.8) is 0 Å². The third-order valence-electron chi connectivity index (χ3n) is 3.08. The number of nitrogens with one attached hydrogen (secondary N) is 1. The second kappa shape index (κ2) is 6.79. The molecule has 0 bridgehead atoms. The molecule has 1 N–H and O–H groups in total. The van der Waals surface area contributed by atoms with Crippen molar-refractivity contribution in [1.82, 2.24) is 20.2 Å². The number of hydrogen-bond acceptors (Lipinski definition) is 4. The predicted molar refractivity (Wildman–Crippen MR) is 76.2 cm³/mol. The molecule has 1 heterocycles. The quantitative estimate of drug-likeness (QED) is 0.870. The summed E-state index contributed by atoms with van der Waals surface area (Å²) in [6, 6.07) is 7.96. The molecule has 6 nitrogen and oxygen atoms in total. The summed E-state index contributed by atoms with van der Waals surface area (Å²) in [5, 5.41) is 13.8.